The largest absolute Gasteiger partial charge is 0.452 e. The summed E-state index contributed by atoms with van der Waals surface area (Å²) < 4.78 is 28.3. The van der Waals surface area contributed by atoms with Crippen molar-refractivity contribution in [2.24, 2.45) is 0 Å². The predicted molar refractivity (Wildman–Crippen MR) is 104 cm³/mol. The molecule has 0 bridgehead atoms. The van der Waals surface area contributed by atoms with Gasteiger partial charge in [0, 0.05) is 24.1 Å². The maximum Gasteiger partial charge on any atom is 0.338 e. The SMILES string of the molecule is CC1Cc2ccccc2N1C(=O)COC(=O)c1ccc(S(C)(=O)=O)c([N+](=O)[O-])c1. The topological polar surface area (TPSA) is 124 Å². The summed E-state index contributed by atoms with van der Waals surface area (Å²) in [5.41, 5.74) is 0.836. The van der Waals surface area contributed by atoms with E-state index in [-0.39, 0.29) is 11.6 Å². The van der Waals surface area contributed by atoms with E-state index in [0.717, 1.165) is 35.7 Å². The van der Waals surface area contributed by atoms with Crippen molar-refractivity contribution in [2.45, 2.75) is 24.3 Å². The highest BCUT2D eigenvalue weighted by Crippen LogP contribution is 2.32. The number of amides is 1. The number of hydrogen-bond acceptors (Lipinski definition) is 7. The molecule has 1 atom stereocenters. The molecule has 2 aromatic carbocycles. The fourth-order valence-corrected chi connectivity index (χ4v) is 4.15. The summed E-state index contributed by atoms with van der Waals surface area (Å²) in [6.45, 7) is 1.34. The van der Waals surface area contributed by atoms with Crippen LogP contribution < -0.4 is 4.90 Å². The first-order valence-electron chi connectivity index (χ1n) is 8.65. The number of nitro groups is 1. The molecule has 0 radical (unpaired) electrons. The molecule has 1 amide bonds. The fourth-order valence-electron chi connectivity index (χ4n) is 3.33. The van der Waals surface area contributed by atoms with E-state index < -0.39 is 43.8 Å². The number of carbonyl (C=O) groups excluding carboxylic acids is 2. The summed E-state index contributed by atoms with van der Waals surface area (Å²) in [5, 5.41) is 11.2. The molecule has 0 spiro atoms. The molecule has 10 heteroatoms. The second-order valence-electron chi connectivity index (χ2n) is 6.73. The van der Waals surface area contributed by atoms with Crippen LogP contribution in [0.1, 0.15) is 22.8 Å². The number of benzene rings is 2. The first-order valence-corrected chi connectivity index (χ1v) is 10.5. The van der Waals surface area contributed by atoms with E-state index in [9.17, 15) is 28.1 Å². The Labute approximate surface area is 167 Å². The first-order chi connectivity index (χ1) is 13.6. The summed E-state index contributed by atoms with van der Waals surface area (Å²) in [6, 6.07) is 10.3. The molecule has 2 aromatic rings. The highest BCUT2D eigenvalue weighted by molar-refractivity contribution is 7.90. The second-order valence-corrected chi connectivity index (χ2v) is 8.72. The Balaban J connectivity index is 1.75. The lowest BCUT2D eigenvalue weighted by Crippen LogP contribution is -2.38. The van der Waals surface area contributed by atoms with Crippen molar-refractivity contribution in [1.82, 2.24) is 0 Å². The van der Waals surface area contributed by atoms with Crippen LogP contribution in [0.25, 0.3) is 0 Å². The van der Waals surface area contributed by atoms with E-state index in [1.54, 1.807) is 4.90 Å². The average Bonchev–Trinajstić information content (AvgIpc) is 3.00. The Morgan fingerprint density at radius 2 is 1.93 bits per heavy atom. The lowest BCUT2D eigenvalue weighted by Gasteiger charge is -2.22. The average molecular weight is 418 g/mol. The number of para-hydroxylation sites is 1. The number of rotatable bonds is 5. The van der Waals surface area contributed by atoms with Crippen LogP contribution in [0.4, 0.5) is 11.4 Å². The van der Waals surface area contributed by atoms with E-state index >= 15 is 0 Å². The standard InChI is InChI=1S/C19H18N2O7S/c1-12-9-13-5-3-4-6-15(13)20(12)18(22)11-28-19(23)14-7-8-17(29(2,26)27)16(10-14)21(24)25/h3-8,10,12H,9,11H2,1-2H3. The Bertz CT molecular complexity index is 1110. The number of sulfone groups is 1. The van der Waals surface area contributed by atoms with Crippen LogP contribution in [-0.2, 0) is 25.8 Å². The monoisotopic (exact) mass is 418 g/mol. The van der Waals surface area contributed by atoms with Crippen LogP contribution in [-0.4, -0.2) is 44.1 Å². The van der Waals surface area contributed by atoms with Crippen molar-refractivity contribution >= 4 is 33.1 Å². The van der Waals surface area contributed by atoms with Gasteiger partial charge in [0.25, 0.3) is 11.6 Å². The smallest absolute Gasteiger partial charge is 0.338 e. The second kappa shape index (κ2) is 7.63. The van der Waals surface area contributed by atoms with Gasteiger partial charge >= 0.3 is 5.97 Å². The van der Waals surface area contributed by atoms with Crippen molar-refractivity contribution in [3.05, 3.63) is 63.7 Å². The molecule has 3 rings (SSSR count). The summed E-state index contributed by atoms with van der Waals surface area (Å²) in [6.07, 6.45) is 1.52. The normalized spacial score (nSPS) is 15.7. The maximum absolute atomic E-state index is 12.6. The van der Waals surface area contributed by atoms with E-state index in [2.05, 4.69) is 0 Å². The summed E-state index contributed by atoms with van der Waals surface area (Å²) in [5.74, 6) is -1.38. The Morgan fingerprint density at radius 1 is 1.24 bits per heavy atom. The first kappa shape index (κ1) is 20.5. The highest BCUT2D eigenvalue weighted by Gasteiger charge is 2.31. The Morgan fingerprint density at radius 3 is 2.59 bits per heavy atom. The number of anilines is 1. The van der Waals surface area contributed by atoms with Crippen molar-refractivity contribution < 1.29 is 27.7 Å². The van der Waals surface area contributed by atoms with Crippen molar-refractivity contribution in [3.8, 4) is 0 Å². The minimum Gasteiger partial charge on any atom is -0.452 e. The molecule has 0 aromatic heterocycles. The number of nitro benzene ring substituents is 1. The van der Waals surface area contributed by atoms with Gasteiger partial charge in [-0.3, -0.25) is 14.9 Å². The molecule has 1 unspecified atom stereocenters. The molecule has 9 nitrogen and oxygen atoms in total. The quantitative estimate of drug-likeness (QED) is 0.414. The number of ether oxygens (including phenoxy) is 1. The van der Waals surface area contributed by atoms with Crippen molar-refractivity contribution in [1.29, 1.82) is 0 Å². The summed E-state index contributed by atoms with van der Waals surface area (Å²) in [7, 11) is -3.85. The zero-order chi connectivity index (χ0) is 21.3. The van der Waals surface area contributed by atoms with E-state index in [1.165, 1.54) is 0 Å². The van der Waals surface area contributed by atoms with E-state index in [0.29, 0.717) is 6.42 Å². The minimum absolute atomic E-state index is 0.0891. The molecule has 152 valence electrons. The van der Waals surface area contributed by atoms with Gasteiger partial charge in [-0.1, -0.05) is 18.2 Å². The van der Waals surface area contributed by atoms with Gasteiger partial charge in [0.05, 0.1) is 10.5 Å². The Hall–Kier alpha value is -3.27. The van der Waals surface area contributed by atoms with Crippen LogP contribution >= 0.6 is 0 Å². The third-order valence-electron chi connectivity index (χ3n) is 4.59. The number of nitrogens with zero attached hydrogens (tertiary/aromatic N) is 2. The third kappa shape index (κ3) is 4.11. The van der Waals surface area contributed by atoms with Gasteiger partial charge in [-0.05, 0) is 37.1 Å². The van der Waals surface area contributed by atoms with Crippen LogP contribution in [0, 0.1) is 10.1 Å². The molecule has 0 saturated carbocycles. The van der Waals surface area contributed by atoms with Crippen LogP contribution in [0.5, 0.6) is 0 Å². The fraction of sp³-hybridized carbons (Fsp3) is 0.263. The van der Waals surface area contributed by atoms with Gasteiger partial charge in [-0.2, -0.15) is 0 Å². The third-order valence-corrected chi connectivity index (χ3v) is 5.74. The van der Waals surface area contributed by atoms with Gasteiger partial charge in [-0.25, -0.2) is 13.2 Å². The van der Waals surface area contributed by atoms with Crippen LogP contribution in [0.15, 0.2) is 47.4 Å². The van der Waals surface area contributed by atoms with Gasteiger partial charge < -0.3 is 9.64 Å². The van der Waals surface area contributed by atoms with Gasteiger partial charge in [0.1, 0.15) is 4.90 Å². The van der Waals surface area contributed by atoms with Gasteiger partial charge in [-0.15, -0.1) is 0 Å². The lowest BCUT2D eigenvalue weighted by atomic mass is 10.1. The van der Waals surface area contributed by atoms with Crippen molar-refractivity contribution in [2.75, 3.05) is 17.8 Å². The van der Waals surface area contributed by atoms with E-state index in [1.807, 2.05) is 31.2 Å². The number of esters is 1. The minimum atomic E-state index is -3.85. The van der Waals surface area contributed by atoms with Crippen LogP contribution in [0.2, 0.25) is 0 Å². The van der Waals surface area contributed by atoms with Crippen LogP contribution in [0.3, 0.4) is 0 Å². The van der Waals surface area contributed by atoms with Crippen molar-refractivity contribution in [3.63, 3.8) is 0 Å². The molecule has 0 saturated heterocycles. The molecule has 0 aliphatic carbocycles. The summed E-state index contributed by atoms with van der Waals surface area (Å²) >= 11 is 0. The highest BCUT2D eigenvalue weighted by atomic mass is 32.2. The molecule has 29 heavy (non-hydrogen) atoms. The maximum atomic E-state index is 12.6. The van der Waals surface area contributed by atoms with Gasteiger partial charge in [0.2, 0.25) is 0 Å². The number of carbonyl (C=O) groups is 2. The number of hydrogen-bond donors (Lipinski definition) is 0. The molecule has 1 aliphatic heterocycles. The molecular formula is C19H18N2O7S. The predicted octanol–water partition coefficient (Wildman–Crippen LogP) is 2.13. The zero-order valence-electron chi connectivity index (χ0n) is 15.7. The zero-order valence-corrected chi connectivity index (χ0v) is 16.5. The molecule has 0 N–H and O–H groups in total. The van der Waals surface area contributed by atoms with Gasteiger partial charge in [0.15, 0.2) is 16.4 Å². The molecule has 0 fully saturated rings. The molecule has 1 heterocycles. The molecular weight excluding hydrogens is 400 g/mol. The van der Waals surface area contributed by atoms with E-state index in [4.69, 9.17) is 4.74 Å². The summed E-state index contributed by atoms with van der Waals surface area (Å²) in [4.78, 5) is 36.2. The molecule has 1 aliphatic rings. The lowest BCUT2D eigenvalue weighted by molar-refractivity contribution is -0.387. The number of fused-ring (bicyclic) bond motifs is 1. The Kier molecular flexibility index (Phi) is 5.38.